The average molecular weight is 237 g/mol. The largest absolute Gasteiger partial charge is 0.294 e. The van der Waals surface area contributed by atoms with E-state index >= 15 is 0 Å². The van der Waals surface area contributed by atoms with Crippen LogP contribution in [0.4, 0.5) is 5.82 Å². The van der Waals surface area contributed by atoms with Crippen molar-refractivity contribution in [2.24, 2.45) is 4.99 Å². The zero-order valence-electron chi connectivity index (χ0n) is 9.92. The Morgan fingerprint density at radius 1 is 1.11 bits per heavy atom. The predicted molar refractivity (Wildman–Crippen MR) is 69.3 cm³/mol. The lowest BCUT2D eigenvalue weighted by Gasteiger charge is -2.11. The summed E-state index contributed by atoms with van der Waals surface area (Å²) in [4.78, 5) is 24.7. The van der Waals surface area contributed by atoms with Gasteiger partial charge in [0.2, 0.25) is 0 Å². The molecule has 0 fully saturated rings. The van der Waals surface area contributed by atoms with Crippen molar-refractivity contribution in [2.75, 3.05) is 0 Å². The van der Waals surface area contributed by atoms with E-state index in [2.05, 4.69) is 15.0 Å². The molecule has 1 aliphatic rings. The van der Waals surface area contributed by atoms with E-state index in [1.165, 1.54) is 0 Å². The SMILES string of the molecule is Cc1nc(-c2ccccc2)nc2c1C(=O)CC=N2. The quantitative estimate of drug-likeness (QED) is 0.766. The monoisotopic (exact) mass is 237 g/mol. The van der Waals surface area contributed by atoms with E-state index in [1.54, 1.807) is 6.21 Å². The summed E-state index contributed by atoms with van der Waals surface area (Å²) < 4.78 is 0. The summed E-state index contributed by atoms with van der Waals surface area (Å²) in [5.74, 6) is 1.13. The highest BCUT2D eigenvalue weighted by atomic mass is 16.1. The van der Waals surface area contributed by atoms with Gasteiger partial charge in [-0.05, 0) is 6.92 Å². The summed E-state index contributed by atoms with van der Waals surface area (Å²) in [5, 5.41) is 0. The van der Waals surface area contributed by atoms with Gasteiger partial charge in [-0.1, -0.05) is 30.3 Å². The number of aromatic nitrogens is 2. The van der Waals surface area contributed by atoms with Crippen LogP contribution in [-0.2, 0) is 0 Å². The van der Waals surface area contributed by atoms with Crippen molar-refractivity contribution >= 4 is 17.8 Å². The fourth-order valence-electron chi connectivity index (χ4n) is 2.01. The molecule has 0 N–H and O–H groups in total. The van der Waals surface area contributed by atoms with E-state index < -0.39 is 0 Å². The molecular weight excluding hydrogens is 226 g/mol. The van der Waals surface area contributed by atoms with Gasteiger partial charge in [-0.25, -0.2) is 15.0 Å². The summed E-state index contributed by atoms with van der Waals surface area (Å²) in [6, 6.07) is 9.69. The van der Waals surface area contributed by atoms with E-state index in [0.29, 0.717) is 29.3 Å². The lowest BCUT2D eigenvalue weighted by Crippen LogP contribution is -2.10. The van der Waals surface area contributed by atoms with E-state index in [-0.39, 0.29) is 5.78 Å². The van der Waals surface area contributed by atoms with Crippen LogP contribution in [0, 0.1) is 6.92 Å². The lowest BCUT2D eigenvalue weighted by molar-refractivity contribution is 0.0999. The van der Waals surface area contributed by atoms with Crippen LogP contribution in [0.2, 0.25) is 0 Å². The average Bonchev–Trinajstić information content (AvgIpc) is 2.39. The number of rotatable bonds is 1. The van der Waals surface area contributed by atoms with Crippen LogP contribution in [0.15, 0.2) is 35.3 Å². The van der Waals surface area contributed by atoms with Gasteiger partial charge in [0.25, 0.3) is 0 Å². The maximum atomic E-state index is 11.8. The van der Waals surface area contributed by atoms with Crippen LogP contribution >= 0.6 is 0 Å². The van der Waals surface area contributed by atoms with Crippen molar-refractivity contribution in [3.05, 3.63) is 41.6 Å². The second-order valence-electron chi connectivity index (χ2n) is 4.14. The molecule has 4 nitrogen and oxygen atoms in total. The van der Waals surface area contributed by atoms with Crippen molar-refractivity contribution in [3.8, 4) is 11.4 Å². The van der Waals surface area contributed by atoms with Gasteiger partial charge in [0.1, 0.15) is 0 Å². The molecule has 3 rings (SSSR count). The molecule has 0 atom stereocenters. The molecule has 0 saturated carbocycles. The molecule has 4 heteroatoms. The van der Waals surface area contributed by atoms with Gasteiger partial charge in [-0.15, -0.1) is 0 Å². The number of carbonyl (C=O) groups excluding carboxylic acids is 1. The number of benzene rings is 1. The van der Waals surface area contributed by atoms with Crippen LogP contribution in [0.5, 0.6) is 0 Å². The summed E-state index contributed by atoms with van der Waals surface area (Å²) in [7, 11) is 0. The molecule has 1 aliphatic heterocycles. The van der Waals surface area contributed by atoms with Crippen LogP contribution in [-0.4, -0.2) is 22.0 Å². The van der Waals surface area contributed by atoms with Crippen molar-refractivity contribution < 1.29 is 4.79 Å². The topological polar surface area (TPSA) is 55.2 Å². The maximum absolute atomic E-state index is 11.8. The molecular formula is C14H11N3O. The third-order valence-electron chi connectivity index (χ3n) is 2.87. The Kier molecular flexibility index (Phi) is 2.48. The molecule has 2 aromatic rings. The zero-order chi connectivity index (χ0) is 12.5. The molecule has 1 aromatic carbocycles. The number of hydrogen-bond acceptors (Lipinski definition) is 4. The minimum atomic E-state index is 0.0390. The normalized spacial score (nSPS) is 13.5. The third-order valence-corrected chi connectivity index (χ3v) is 2.87. The van der Waals surface area contributed by atoms with E-state index in [4.69, 9.17) is 0 Å². The maximum Gasteiger partial charge on any atom is 0.173 e. The van der Waals surface area contributed by atoms with Gasteiger partial charge in [0.05, 0.1) is 11.3 Å². The molecule has 18 heavy (non-hydrogen) atoms. The number of nitrogens with zero attached hydrogens (tertiary/aromatic N) is 3. The summed E-state index contributed by atoms with van der Waals surface area (Å²) in [6.45, 7) is 1.83. The first-order chi connectivity index (χ1) is 8.75. The molecule has 1 aromatic heterocycles. The van der Waals surface area contributed by atoms with Crippen LogP contribution in [0.25, 0.3) is 11.4 Å². The second kappa shape index (κ2) is 4.14. The van der Waals surface area contributed by atoms with Gasteiger partial charge in [0.15, 0.2) is 17.4 Å². The highest BCUT2D eigenvalue weighted by molar-refractivity contribution is 6.10. The molecule has 0 aliphatic carbocycles. The first-order valence-corrected chi connectivity index (χ1v) is 5.75. The number of aliphatic imine (C=N–C) groups is 1. The van der Waals surface area contributed by atoms with Crippen molar-refractivity contribution in [2.45, 2.75) is 13.3 Å². The Bertz CT molecular complexity index is 648. The number of ketones is 1. The number of hydrogen-bond donors (Lipinski definition) is 0. The summed E-state index contributed by atoms with van der Waals surface area (Å²) in [6.07, 6.45) is 1.94. The van der Waals surface area contributed by atoms with Gasteiger partial charge in [0, 0.05) is 18.2 Å². The highest BCUT2D eigenvalue weighted by Gasteiger charge is 2.20. The van der Waals surface area contributed by atoms with E-state index in [1.807, 2.05) is 37.3 Å². The first-order valence-electron chi connectivity index (χ1n) is 5.75. The van der Waals surface area contributed by atoms with E-state index in [0.717, 1.165) is 5.56 Å². The van der Waals surface area contributed by atoms with Gasteiger partial charge in [-0.2, -0.15) is 0 Å². The van der Waals surface area contributed by atoms with Crippen LogP contribution in [0.3, 0.4) is 0 Å². The van der Waals surface area contributed by atoms with Gasteiger partial charge < -0.3 is 0 Å². The van der Waals surface area contributed by atoms with Gasteiger partial charge in [-0.3, -0.25) is 4.79 Å². The fraction of sp³-hybridized carbons (Fsp3) is 0.143. The molecule has 0 saturated heterocycles. The Labute approximate surface area is 104 Å². The number of carbonyl (C=O) groups is 1. The van der Waals surface area contributed by atoms with E-state index in [9.17, 15) is 4.79 Å². The Morgan fingerprint density at radius 2 is 1.89 bits per heavy atom. The zero-order valence-corrected chi connectivity index (χ0v) is 9.92. The number of aryl methyl sites for hydroxylation is 1. The minimum Gasteiger partial charge on any atom is -0.294 e. The molecule has 0 amide bonds. The molecule has 88 valence electrons. The fourth-order valence-corrected chi connectivity index (χ4v) is 2.01. The minimum absolute atomic E-state index is 0.0390. The second-order valence-corrected chi connectivity index (χ2v) is 4.14. The lowest BCUT2D eigenvalue weighted by atomic mass is 10.1. The Hall–Kier alpha value is -2.36. The number of Topliss-reactive ketones (excluding diaryl/α,β-unsaturated/α-hetero) is 1. The van der Waals surface area contributed by atoms with Crippen LogP contribution in [0.1, 0.15) is 22.5 Å². The summed E-state index contributed by atoms with van der Waals surface area (Å²) >= 11 is 0. The smallest absolute Gasteiger partial charge is 0.173 e. The third kappa shape index (κ3) is 1.72. The van der Waals surface area contributed by atoms with Crippen LogP contribution < -0.4 is 0 Å². The highest BCUT2D eigenvalue weighted by Crippen LogP contribution is 2.27. The van der Waals surface area contributed by atoms with Gasteiger partial charge >= 0.3 is 0 Å². The predicted octanol–water partition coefficient (Wildman–Crippen LogP) is 2.74. The van der Waals surface area contributed by atoms with Crippen molar-refractivity contribution in [3.63, 3.8) is 0 Å². The molecule has 0 spiro atoms. The Morgan fingerprint density at radius 3 is 2.67 bits per heavy atom. The molecule has 2 heterocycles. The van der Waals surface area contributed by atoms with Crippen molar-refractivity contribution in [1.82, 2.24) is 9.97 Å². The van der Waals surface area contributed by atoms with Crippen molar-refractivity contribution in [1.29, 1.82) is 0 Å². The number of fused-ring (bicyclic) bond motifs is 1. The standard InChI is InChI=1S/C14H11N3O/c1-9-12-11(18)7-8-15-14(12)17-13(16-9)10-5-3-2-4-6-10/h2-6,8H,7H2,1H3. The summed E-state index contributed by atoms with van der Waals surface area (Å²) in [5.41, 5.74) is 2.18. The molecule has 0 radical (unpaired) electrons. The molecule has 0 unspecified atom stereocenters. The first kappa shape index (κ1) is 10.8. The Balaban J connectivity index is 2.19. The molecule has 0 bridgehead atoms.